The molecule has 1 nitrogen and oxygen atoms in total. The molecule has 0 aromatic rings. The van der Waals surface area contributed by atoms with Crippen molar-refractivity contribution in [2.24, 2.45) is 4.99 Å². The van der Waals surface area contributed by atoms with Crippen LogP contribution in [0.4, 0.5) is 0 Å². The average Bonchev–Trinajstić information content (AvgIpc) is 2.48. The standard InChI is InChI=1S/C13H21N/c1-3-4-11-13(14-2)12-9-7-5-6-8-10-12/h9,11H,2-8,10H2,1H3/b13-11-. The first-order chi connectivity index (χ1) is 6.88. The topological polar surface area (TPSA) is 12.4 Å². The maximum atomic E-state index is 4.13. The molecule has 1 rings (SSSR count). The Labute approximate surface area is 87.6 Å². The monoisotopic (exact) mass is 191 g/mol. The molecule has 0 saturated heterocycles. The third-order valence-corrected chi connectivity index (χ3v) is 2.67. The predicted molar refractivity (Wildman–Crippen MR) is 63.7 cm³/mol. The number of hydrogen-bond donors (Lipinski definition) is 0. The molecule has 0 bridgehead atoms. The van der Waals surface area contributed by atoms with Crippen molar-refractivity contribution in [3.05, 3.63) is 23.4 Å². The molecule has 0 aliphatic heterocycles. The summed E-state index contributed by atoms with van der Waals surface area (Å²) in [5, 5.41) is 0. The highest BCUT2D eigenvalue weighted by Gasteiger charge is 2.05. The number of allylic oxidation sites excluding steroid dienone is 3. The molecule has 0 saturated carbocycles. The van der Waals surface area contributed by atoms with E-state index in [1.54, 1.807) is 0 Å². The van der Waals surface area contributed by atoms with Crippen molar-refractivity contribution >= 4 is 6.72 Å². The van der Waals surface area contributed by atoms with Gasteiger partial charge in [-0.15, -0.1) is 0 Å². The zero-order chi connectivity index (χ0) is 10.2. The summed E-state index contributed by atoms with van der Waals surface area (Å²) in [6, 6.07) is 0. The highest BCUT2D eigenvalue weighted by atomic mass is 14.7. The summed E-state index contributed by atoms with van der Waals surface area (Å²) in [7, 11) is 0. The number of hydrogen-bond acceptors (Lipinski definition) is 1. The minimum Gasteiger partial charge on any atom is -0.265 e. The van der Waals surface area contributed by atoms with Gasteiger partial charge in [0.15, 0.2) is 0 Å². The number of aliphatic imine (C=N–C) groups is 1. The predicted octanol–water partition coefficient (Wildman–Crippen LogP) is 4.26. The van der Waals surface area contributed by atoms with E-state index < -0.39 is 0 Å². The van der Waals surface area contributed by atoms with Crippen molar-refractivity contribution in [2.75, 3.05) is 0 Å². The summed E-state index contributed by atoms with van der Waals surface area (Å²) in [6.45, 7) is 5.85. The second kappa shape index (κ2) is 6.58. The molecule has 0 unspecified atom stereocenters. The van der Waals surface area contributed by atoms with Crippen LogP contribution in [0.1, 0.15) is 51.9 Å². The van der Waals surface area contributed by atoms with Gasteiger partial charge >= 0.3 is 0 Å². The van der Waals surface area contributed by atoms with Gasteiger partial charge in [0.1, 0.15) is 0 Å². The zero-order valence-electron chi connectivity index (χ0n) is 9.26. The molecule has 0 spiro atoms. The van der Waals surface area contributed by atoms with Gasteiger partial charge in [-0.3, -0.25) is 4.99 Å². The van der Waals surface area contributed by atoms with E-state index in [1.165, 1.54) is 44.1 Å². The zero-order valence-corrected chi connectivity index (χ0v) is 9.26. The summed E-state index contributed by atoms with van der Waals surface area (Å²) in [5.74, 6) is 0. The van der Waals surface area contributed by atoms with Crippen LogP contribution in [0, 0.1) is 0 Å². The maximum Gasteiger partial charge on any atom is 0.0611 e. The van der Waals surface area contributed by atoms with Gasteiger partial charge in [0.2, 0.25) is 0 Å². The minimum atomic E-state index is 1.12. The molecule has 0 heterocycles. The van der Waals surface area contributed by atoms with Crippen LogP contribution in [0.2, 0.25) is 0 Å². The Morgan fingerprint density at radius 2 is 2.36 bits per heavy atom. The van der Waals surface area contributed by atoms with E-state index in [1.807, 2.05) is 0 Å². The van der Waals surface area contributed by atoms with Crippen LogP contribution in [0.15, 0.2) is 28.4 Å². The fraction of sp³-hybridized carbons (Fsp3) is 0.615. The van der Waals surface area contributed by atoms with E-state index in [0.29, 0.717) is 0 Å². The van der Waals surface area contributed by atoms with Crippen LogP contribution in [0.5, 0.6) is 0 Å². The Hall–Kier alpha value is -0.850. The molecule has 0 aromatic heterocycles. The molecule has 0 radical (unpaired) electrons. The normalized spacial score (nSPS) is 18.6. The highest BCUT2D eigenvalue weighted by molar-refractivity contribution is 5.38. The molecule has 0 N–H and O–H groups in total. The molecule has 1 aliphatic carbocycles. The minimum absolute atomic E-state index is 1.12. The Morgan fingerprint density at radius 1 is 1.50 bits per heavy atom. The van der Waals surface area contributed by atoms with Gasteiger partial charge in [-0.25, -0.2) is 0 Å². The van der Waals surface area contributed by atoms with E-state index in [-0.39, 0.29) is 0 Å². The molecule has 1 heteroatoms. The quantitative estimate of drug-likeness (QED) is 0.589. The Balaban J connectivity index is 2.66. The lowest BCUT2D eigenvalue weighted by atomic mass is 10.1. The van der Waals surface area contributed by atoms with Crippen molar-refractivity contribution < 1.29 is 0 Å². The summed E-state index contributed by atoms with van der Waals surface area (Å²) < 4.78 is 0. The lowest BCUT2D eigenvalue weighted by molar-refractivity contribution is 0.711. The Bertz CT molecular complexity index is 236. The summed E-state index contributed by atoms with van der Waals surface area (Å²) in [6.07, 6.45) is 13.3. The molecule has 0 amide bonds. The van der Waals surface area contributed by atoms with Crippen LogP contribution in [0.3, 0.4) is 0 Å². The molecular weight excluding hydrogens is 170 g/mol. The first-order valence-electron chi connectivity index (χ1n) is 5.74. The van der Waals surface area contributed by atoms with E-state index in [9.17, 15) is 0 Å². The fourth-order valence-corrected chi connectivity index (χ4v) is 1.83. The summed E-state index contributed by atoms with van der Waals surface area (Å²) >= 11 is 0. The number of nitrogens with zero attached hydrogens (tertiary/aromatic N) is 1. The van der Waals surface area contributed by atoms with Crippen molar-refractivity contribution in [1.82, 2.24) is 0 Å². The third-order valence-electron chi connectivity index (χ3n) is 2.67. The van der Waals surface area contributed by atoms with Crippen molar-refractivity contribution in [1.29, 1.82) is 0 Å². The van der Waals surface area contributed by atoms with Gasteiger partial charge in [-0.2, -0.15) is 0 Å². The lowest BCUT2D eigenvalue weighted by Crippen LogP contribution is -1.86. The summed E-state index contributed by atoms with van der Waals surface area (Å²) in [5.41, 5.74) is 2.56. The van der Waals surface area contributed by atoms with Crippen LogP contribution in [-0.2, 0) is 0 Å². The van der Waals surface area contributed by atoms with Crippen LogP contribution in [0.25, 0.3) is 0 Å². The van der Waals surface area contributed by atoms with E-state index in [4.69, 9.17) is 0 Å². The first-order valence-corrected chi connectivity index (χ1v) is 5.74. The Kier molecular flexibility index (Phi) is 5.28. The van der Waals surface area contributed by atoms with Gasteiger partial charge < -0.3 is 0 Å². The van der Waals surface area contributed by atoms with E-state index >= 15 is 0 Å². The number of rotatable bonds is 4. The fourth-order valence-electron chi connectivity index (χ4n) is 1.83. The van der Waals surface area contributed by atoms with Crippen LogP contribution < -0.4 is 0 Å². The second-order valence-corrected chi connectivity index (χ2v) is 3.86. The number of unbranched alkanes of at least 4 members (excludes halogenated alkanes) is 1. The largest absolute Gasteiger partial charge is 0.265 e. The molecule has 78 valence electrons. The van der Waals surface area contributed by atoms with Crippen molar-refractivity contribution in [3.63, 3.8) is 0 Å². The van der Waals surface area contributed by atoms with Crippen molar-refractivity contribution in [2.45, 2.75) is 51.9 Å². The van der Waals surface area contributed by atoms with Gasteiger partial charge in [0.25, 0.3) is 0 Å². The van der Waals surface area contributed by atoms with Crippen molar-refractivity contribution in [3.8, 4) is 0 Å². The van der Waals surface area contributed by atoms with E-state index in [0.717, 1.165) is 12.1 Å². The highest BCUT2D eigenvalue weighted by Crippen LogP contribution is 2.24. The van der Waals surface area contributed by atoms with Crippen LogP contribution in [-0.4, -0.2) is 6.72 Å². The van der Waals surface area contributed by atoms with Gasteiger partial charge in [-0.1, -0.05) is 31.9 Å². The summed E-state index contributed by atoms with van der Waals surface area (Å²) in [4.78, 5) is 4.13. The van der Waals surface area contributed by atoms with Crippen LogP contribution >= 0.6 is 0 Å². The Morgan fingerprint density at radius 3 is 3.07 bits per heavy atom. The van der Waals surface area contributed by atoms with Gasteiger partial charge in [0.05, 0.1) is 5.70 Å². The molecular formula is C13H21N. The molecule has 0 fully saturated rings. The molecule has 1 aliphatic rings. The SMILES string of the molecule is C=N/C(=C\CCC)C1=CCCCCC1. The van der Waals surface area contributed by atoms with Gasteiger partial charge in [0, 0.05) is 0 Å². The lowest BCUT2D eigenvalue weighted by Gasteiger charge is -2.05. The third kappa shape index (κ3) is 3.49. The smallest absolute Gasteiger partial charge is 0.0611 e. The second-order valence-electron chi connectivity index (χ2n) is 3.86. The molecule has 0 atom stereocenters. The average molecular weight is 191 g/mol. The maximum absolute atomic E-state index is 4.13. The molecule has 14 heavy (non-hydrogen) atoms. The molecule has 0 aromatic carbocycles. The van der Waals surface area contributed by atoms with Gasteiger partial charge in [-0.05, 0) is 44.4 Å². The van der Waals surface area contributed by atoms with E-state index in [2.05, 4.69) is 30.8 Å². The first kappa shape index (κ1) is 11.2.